The molecule has 2 N–H and O–H groups in total. The Bertz CT molecular complexity index is 1480. The van der Waals surface area contributed by atoms with Crippen molar-refractivity contribution >= 4 is 56.9 Å². The highest BCUT2D eigenvalue weighted by Crippen LogP contribution is 2.36. The molecule has 0 atom stereocenters. The van der Waals surface area contributed by atoms with E-state index in [1.807, 2.05) is 49.4 Å². The van der Waals surface area contributed by atoms with Crippen LogP contribution in [0.2, 0.25) is 5.02 Å². The fraction of sp³-hybridized carbons (Fsp3) is 0.0800. The van der Waals surface area contributed by atoms with Crippen LogP contribution in [0.5, 0.6) is 0 Å². The van der Waals surface area contributed by atoms with E-state index < -0.39 is 0 Å². The average molecular weight is 569 g/mol. The number of H-pyrrole nitrogens is 1. The first kappa shape index (κ1) is 21.7. The van der Waals surface area contributed by atoms with E-state index in [1.165, 1.54) is 6.92 Å². The minimum absolute atomic E-state index is 0.115. The van der Waals surface area contributed by atoms with Crippen LogP contribution in [0.25, 0.3) is 44.9 Å². The number of hydrogen-bond donors (Lipinski definition) is 2. The standard InChI is InChI=1S/C25H18ClIN4O2/c1-13-8-23-22(11-20(13)26)30-25(33-23)19-12-28-31-24(19)16-5-3-4-15(9-16)18-10-17(27)6-7-21(18)29-14(2)32/h3-12H,1-2H3,(H,28,31)(H,29,32). The Morgan fingerprint density at radius 1 is 1.09 bits per heavy atom. The maximum absolute atomic E-state index is 11.7. The van der Waals surface area contributed by atoms with Gasteiger partial charge in [0, 0.05) is 32.3 Å². The topological polar surface area (TPSA) is 83.8 Å². The summed E-state index contributed by atoms with van der Waals surface area (Å²) in [6.07, 6.45) is 1.70. The molecule has 0 radical (unpaired) electrons. The van der Waals surface area contributed by atoms with Gasteiger partial charge in [0.15, 0.2) is 5.58 Å². The lowest BCUT2D eigenvalue weighted by Crippen LogP contribution is -2.07. The summed E-state index contributed by atoms with van der Waals surface area (Å²) in [5, 5.41) is 10.9. The molecule has 1 amide bonds. The number of carbonyl (C=O) groups is 1. The van der Waals surface area contributed by atoms with Crippen LogP contribution < -0.4 is 5.32 Å². The predicted octanol–water partition coefficient (Wildman–Crippen LogP) is 7.08. The zero-order chi connectivity index (χ0) is 23.1. The summed E-state index contributed by atoms with van der Waals surface area (Å²) in [5.41, 5.74) is 7.42. The average Bonchev–Trinajstić information content (AvgIpc) is 3.42. The Labute approximate surface area is 208 Å². The first-order chi connectivity index (χ1) is 15.9. The number of aromatic amines is 1. The van der Waals surface area contributed by atoms with Gasteiger partial charge >= 0.3 is 0 Å². The second kappa shape index (κ2) is 8.64. The van der Waals surface area contributed by atoms with Crippen LogP contribution in [-0.4, -0.2) is 21.1 Å². The molecule has 0 bridgehead atoms. The maximum atomic E-state index is 11.7. The number of rotatable bonds is 4. The molecule has 33 heavy (non-hydrogen) atoms. The highest BCUT2D eigenvalue weighted by Gasteiger charge is 2.18. The van der Waals surface area contributed by atoms with E-state index >= 15 is 0 Å². The van der Waals surface area contributed by atoms with Gasteiger partial charge in [0.25, 0.3) is 0 Å². The van der Waals surface area contributed by atoms with E-state index in [4.69, 9.17) is 16.0 Å². The Hall–Kier alpha value is -3.17. The van der Waals surface area contributed by atoms with Crippen molar-refractivity contribution in [3.8, 4) is 33.8 Å². The molecule has 5 aromatic rings. The lowest BCUT2D eigenvalue weighted by molar-refractivity contribution is -0.114. The Balaban J connectivity index is 1.59. The molecule has 8 heteroatoms. The fourth-order valence-corrected chi connectivity index (χ4v) is 4.38. The number of halogens is 2. The van der Waals surface area contributed by atoms with Gasteiger partial charge in [-0.05, 0) is 77.0 Å². The number of benzene rings is 3. The maximum Gasteiger partial charge on any atom is 0.231 e. The number of nitrogens with zero attached hydrogens (tertiary/aromatic N) is 2. The molecule has 2 aromatic heterocycles. The van der Waals surface area contributed by atoms with Crippen molar-refractivity contribution in [3.63, 3.8) is 0 Å². The van der Waals surface area contributed by atoms with Crippen molar-refractivity contribution in [3.05, 3.63) is 75.0 Å². The SMILES string of the molecule is CC(=O)Nc1ccc(I)cc1-c1cccc(-c2[nH]ncc2-c2nc3cc(Cl)c(C)cc3o2)c1. The number of aromatic nitrogens is 3. The van der Waals surface area contributed by atoms with Crippen LogP contribution in [0.4, 0.5) is 5.69 Å². The molecule has 0 aliphatic heterocycles. The van der Waals surface area contributed by atoms with Gasteiger partial charge in [0.1, 0.15) is 5.52 Å². The van der Waals surface area contributed by atoms with E-state index in [-0.39, 0.29) is 5.91 Å². The fourth-order valence-electron chi connectivity index (χ4n) is 3.73. The number of fused-ring (bicyclic) bond motifs is 1. The van der Waals surface area contributed by atoms with Crippen molar-refractivity contribution in [1.82, 2.24) is 15.2 Å². The predicted molar refractivity (Wildman–Crippen MR) is 139 cm³/mol. The van der Waals surface area contributed by atoms with Gasteiger partial charge in [0.2, 0.25) is 11.8 Å². The molecule has 0 spiro atoms. The summed E-state index contributed by atoms with van der Waals surface area (Å²) in [6.45, 7) is 3.43. The van der Waals surface area contributed by atoms with E-state index in [9.17, 15) is 4.79 Å². The molecule has 0 saturated carbocycles. The summed E-state index contributed by atoms with van der Waals surface area (Å²) < 4.78 is 7.10. The van der Waals surface area contributed by atoms with Crippen molar-refractivity contribution in [1.29, 1.82) is 0 Å². The number of aryl methyl sites for hydroxylation is 1. The molecule has 0 aliphatic rings. The summed E-state index contributed by atoms with van der Waals surface area (Å²) >= 11 is 8.52. The molecule has 6 nitrogen and oxygen atoms in total. The number of hydrogen-bond acceptors (Lipinski definition) is 4. The number of nitrogens with one attached hydrogen (secondary N) is 2. The van der Waals surface area contributed by atoms with Gasteiger partial charge < -0.3 is 9.73 Å². The Morgan fingerprint density at radius 2 is 1.91 bits per heavy atom. The largest absolute Gasteiger partial charge is 0.436 e. The minimum Gasteiger partial charge on any atom is -0.436 e. The molecule has 5 rings (SSSR count). The second-order valence-corrected chi connectivity index (χ2v) is 9.35. The summed E-state index contributed by atoms with van der Waals surface area (Å²) in [6, 6.07) is 17.7. The lowest BCUT2D eigenvalue weighted by Gasteiger charge is -2.12. The van der Waals surface area contributed by atoms with Crippen LogP contribution in [0.1, 0.15) is 12.5 Å². The highest BCUT2D eigenvalue weighted by molar-refractivity contribution is 14.1. The van der Waals surface area contributed by atoms with Crippen molar-refractivity contribution in [2.24, 2.45) is 0 Å². The van der Waals surface area contributed by atoms with Crippen molar-refractivity contribution in [2.75, 3.05) is 5.32 Å². The van der Waals surface area contributed by atoms with Gasteiger partial charge in [-0.3, -0.25) is 9.89 Å². The summed E-state index contributed by atoms with van der Waals surface area (Å²) in [5.74, 6) is 0.352. The third kappa shape index (κ3) is 4.26. The smallest absolute Gasteiger partial charge is 0.231 e. The van der Waals surface area contributed by atoms with Crippen LogP contribution in [0.15, 0.2) is 65.2 Å². The van der Waals surface area contributed by atoms with Gasteiger partial charge in [0.05, 0.1) is 17.5 Å². The minimum atomic E-state index is -0.115. The van der Waals surface area contributed by atoms with Crippen LogP contribution in [-0.2, 0) is 4.79 Å². The first-order valence-electron chi connectivity index (χ1n) is 10.2. The van der Waals surface area contributed by atoms with Gasteiger partial charge in [-0.15, -0.1) is 0 Å². The number of carbonyl (C=O) groups excluding carboxylic acids is 1. The molecule has 164 valence electrons. The summed E-state index contributed by atoms with van der Waals surface area (Å²) in [7, 11) is 0. The third-order valence-corrected chi connectivity index (χ3v) is 6.37. The quantitative estimate of drug-likeness (QED) is 0.227. The zero-order valence-electron chi connectivity index (χ0n) is 17.7. The molecule has 0 saturated heterocycles. The Morgan fingerprint density at radius 3 is 2.73 bits per heavy atom. The van der Waals surface area contributed by atoms with Crippen molar-refractivity contribution in [2.45, 2.75) is 13.8 Å². The summed E-state index contributed by atoms with van der Waals surface area (Å²) in [4.78, 5) is 16.3. The molecule has 2 heterocycles. The van der Waals surface area contributed by atoms with Gasteiger partial charge in [-0.25, -0.2) is 4.98 Å². The normalized spacial score (nSPS) is 11.2. The van der Waals surface area contributed by atoms with E-state index in [0.717, 1.165) is 42.8 Å². The molecule has 0 fully saturated rings. The monoisotopic (exact) mass is 568 g/mol. The molecule has 3 aromatic carbocycles. The lowest BCUT2D eigenvalue weighted by atomic mass is 9.99. The van der Waals surface area contributed by atoms with Crippen LogP contribution in [0.3, 0.4) is 0 Å². The number of anilines is 1. The zero-order valence-corrected chi connectivity index (χ0v) is 20.7. The highest BCUT2D eigenvalue weighted by atomic mass is 127. The van der Waals surface area contributed by atoms with Crippen LogP contribution in [0, 0.1) is 10.5 Å². The van der Waals surface area contributed by atoms with Crippen LogP contribution >= 0.6 is 34.2 Å². The van der Waals surface area contributed by atoms with Gasteiger partial charge in [-0.2, -0.15) is 5.10 Å². The second-order valence-electron chi connectivity index (χ2n) is 7.70. The number of oxazole rings is 1. The Kier molecular flexibility index (Phi) is 5.67. The first-order valence-corrected chi connectivity index (χ1v) is 11.6. The van der Waals surface area contributed by atoms with E-state index in [0.29, 0.717) is 22.0 Å². The number of amides is 1. The third-order valence-electron chi connectivity index (χ3n) is 5.29. The van der Waals surface area contributed by atoms with Crippen molar-refractivity contribution < 1.29 is 9.21 Å². The van der Waals surface area contributed by atoms with E-state index in [2.05, 4.69) is 49.2 Å². The molecule has 0 unspecified atom stereocenters. The van der Waals surface area contributed by atoms with E-state index in [1.54, 1.807) is 12.3 Å². The van der Waals surface area contributed by atoms with Gasteiger partial charge in [-0.1, -0.05) is 29.8 Å². The molecular formula is C25H18ClIN4O2. The molecule has 0 aliphatic carbocycles. The molecular weight excluding hydrogens is 551 g/mol.